The topological polar surface area (TPSA) is 58.4 Å². The van der Waals surface area contributed by atoms with Gasteiger partial charge in [0.25, 0.3) is 5.91 Å². The number of nitrogens with two attached hydrogens (primary N) is 1. The van der Waals surface area contributed by atoms with E-state index in [1.807, 2.05) is 0 Å². The molecule has 1 amide bonds. The number of benzene rings is 1. The van der Waals surface area contributed by atoms with Gasteiger partial charge in [-0.3, -0.25) is 4.79 Å². The van der Waals surface area contributed by atoms with Gasteiger partial charge in [-0.25, -0.2) is 4.39 Å². The number of carbonyl (C=O) groups is 1. The van der Waals surface area contributed by atoms with E-state index in [0.29, 0.717) is 6.54 Å². The van der Waals surface area contributed by atoms with Gasteiger partial charge in [0.05, 0.1) is 0 Å². The molecular formula is C15H22FN3O. The van der Waals surface area contributed by atoms with Crippen molar-refractivity contribution in [2.45, 2.75) is 25.7 Å². The molecule has 1 aromatic rings. The SMILES string of the molecule is Nc1cc(F)cc(C(=O)NCCN2CCCCCC2)c1. The first-order valence-electron chi connectivity index (χ1n) is 7.22. The Hall–Kier alpha value is -1.62. The molecule has 0 aliphatic carbocycles. The van der Waals surface area contributed by atoms with Crippen molar-refractivity contribution < 1.29 is 9.18 Å². The van der Waals surface area contributed by atoms with E-state index in [9.17, 15) is 9.18 Å². The normalized spacial score (nSPS) is 16.6. The summed E-state index contributed by atoms with van der Waals surface area (Å²) in [5.41, 5.74) is 6.07. The number of likely N-dealkylation sites (tertiary alicyclic amines) is 1. The fourth-order valence-electron chi connectivity index (χ4n) is 2.53. The van der Waals surface area contributed by atoms with E-state index in [2.05, 4.69) is 10.2 Å². The molecule has 1 fully saturated rings. The summed E-state index contributed by atoms with van der Waals surface area (Å²) in [7, 11) is 0. The smallest absolute Gasteiger partial charge is 0.251 e. The second-order valence-corrected chi connectivity index (χ2v) is 5.28. The molecule has 4 nitrogen and oxygen atoms in total. The van der Waals surface area contributed by atoms with E-state index in [1.165, 1.54) is 43.9 Å². The Bertz CT molecular complexity index is 436. The molecule has 0 unspecified atom stereocenters. The summed E-state index contributed by atoms with van der Waals surface area (Å²) < 4.78 is 13.2. The molecule has 20 heavy (non-hydrogen) atoms. The summed E-state index contributed by atoms with van der Waals surface area (Å²) >= 11 is 0. The molecule has 2 rings (SSSR count). The molecule has 0 bridgehead atoms. The monoisotopic (exact) mass is 279 g/mol. The van der Waals surface area contributed by atoms with E-state index in [0.717, 1.165) is 19.6 Å². The molecule has 1 aliphatic heterocycles. The van der Waals surface area contributed by atoms with Crippen molar-refractivity contribution in [1.82, 2.24) is 10.2 Å². The lowest BCUT2D eigenvalue weighted by molar-refractivity contribution is 0.0948. The third kappa shape index (κ3) is 4.49. The van der Waals surface area contributed by atoms with Gasteiger partial charge in [0.1, 0.15) is 5.82 Å². The number of nitrogen functional groups attached to an aromatic ring is 1. The van der Waals surface area contributed by atoms with Crippen molar-refractivity contribution in [3.8, 4) is 0 Å². The highest BCUT2D eigenvalue weighted by Gasteiger charge is 2.11. The summed E-state index contributed by atoms with van der Waals surface area (Å²) in [6.07, 6.45) is 5.06. The highest BCUT2D eigenvalue weighted by atomic mass is 19.1. The van der Waals surface area contributed by atoms with E-state index in [-0.39, 0.29) is 17.2 Å². The summed E-state index contributed by atoms with van der Waals surface area (Å²) in [6, 6.07) is 3.90. The number of nitrogens with zero attached hydrogens (tertiary/aromatic N) is 1. The Balaban J connectivity index is 1.79. The predicted molar refractivity (Wildman–Crippen MR) is 78.1 cm³/mol. The molecule has 1 saturated heterocycles. The number of hydrogen-bond acceptors (Lipinski definition) is 3. The van der Waals surface area contributed by atoms with Gasteiger partial charge in [-0.15, -0.1) is 0 Å². The maximum Gasteiger partial charge on any atom is 0.251 e. The predicted octanol–water partition coefficient (Wildman–Crippen LogP) is 2.01. The van der Waals surface area contributed by atoms with Crippen LogP contribution in [0.25, 0.3) is 0 Å². The summed E-state index contributed by atoms with van der Waals surface area (Å²) in [4.78, 5) is 14.3. The first-order valence-corrected chi connectivity index (χ1v) is 7.22. The molecule has 0 saturated carbocycles. The van der Waals surface area contributed by atoms with E-state index >= 15 is 0 Å². The molecule has 0 radical (unpaired) electrons. The van der Waals surface area contributed by atoms with Crippen LogP contribution in [0, 0.1) is 5.82 Å². The van der Waals surface area contributed by atoms with Crippen LogP contribution in [0.4, 0.5) is 10.1 Å². The Labute approximate surface area is 119 Å². The number of carbonyl (C=O) groups excluding carboxylic acids is 1. The van der Waals surface area contributed by atoms with Crippen molar-refractivity contribution in [3.05, 3.63) is 29.6 Å². The van der Waals surface area contributed by atoms with Gasteiger partial charge in [0.2, 0.25) is 0 Å². The molecule has 5 heteroatoms. The Morgan fingerprint density at radius 2 is 1.90 bits per heavy atom. The van der Waals surface area contributed by atoms with Crippen molar-refractivity contribution in [2.75, 3.05) is 31.9 Å². The first-order chi connectivity index (χ1) is 9.65. The van der Waals surface area contributed by atoms with Gasteiger partial charge in [-0.05, 0) is 44.1 Å². The van der Waals surface area contributed by atoms with E-state index < -0.39 is 5.82 Å². The van der Waals surface area contributed by atoms with Gasteiger partial charge in [-0.1, -0.05) is 12.8 Å². The molecular weight excluding hydrogens is 257 g/mol. The van der Waals surface area contributed by atoms with Crippen LogP contribution in [-0.2, 0) is 0 Å². The van der Waals surface area contributed by atoms with Crippen LogP contribution in [0.15, 0.2) is 18.2 Å². The number of rotatable bonds is 4. The van der Waals surface area contributed by atoms with Crippen molar-refractivity contribution >= 4 is 11.6 Å². The standard InChI is InChI=1S/C15H22FN3O/c16-13-9-12(10-14(17)11-13)15(20)18-5-8-19-6-3-1-2-4-7-19/h9-11H,1-8,17H2,(H,18,20). The van der Waals surface area contributed by atoms with Gasteiger partial charge in [-0.2, -0.15) is 0 Å². The van der Waals surface area contributed by atoms with Crippen LogP contribution < -0.4 is 11.1 Å². The van der Waals surface area contributed by atoms with Gasteiger partial charge >= 0.3 is 0 Å². The maximum atomic E-state index is 13.2. The Morgan fingerprint density at radius 1 is 1.20 bits per heavy atom. The number of anilines is 1. The number of halogens is 1. The minimum absolute atomic E-state index is 0.266. The first kappa shape index (κ1) is 14.8. The minimum atomic E-state index is -0.484. The quantitative estimate of drug-likeness (QED) is 0.829. The fraction of sp³-hybridized carbons (Fsp3) is 0.533. The third-order valence-corrected chi connectivity index (χ3v) is 3.59. The molecule has 3 N–H and O–H groups in total. The lowest BCUT2D eigenvalue weighted by Gasteiger charge is -2.19. The van der Waals surface area contributed by atoms with Crippen molar-refractivity contribution in [1.29, 1.82) is 0 Å². The second-order valence-electron chi connectivity index (χ2n) is 5.28. The largest absolute Gasteiger partial charge is 0.399 e. The average Bonchev–Trinajstić information content (AvgIpc) is 2.66. The molecule has 0 atom stereocenters. The van der Waals surface area contributed by atoms with Crippen LogP contribution in [0.1, 0.15) is 36.0 Å². The molecule has 110 valence electrons. The van der Waals surface area contributed by atoms with Crippen molar-refractivity contribution in [3.63, 3.8) is 0 Å². The van der Waals surface area contributed by atoms with Crippen LogP contribution in [0.3, 0.4) is 0 Å². The summed E-state index contributed by atoms with van der Waals surface area (Å²) in [6.45, 7) is 3.62. The lowest BCUT2D eigenvalue weighted by Crippen LogP contribution is -2.35. The van der Waals surface area contributed by atoms with Crippen LogP contribution in [-0.4, -0.2) is 37.0 Å². The molecule has 0 aromatic heterocycles. The highest BCUT2D eigenvalue weighted by Crippen LogP contribution is 2.11. The molecule has 1 heterocycles. The number of nitrogens with one attached hydrogen (secondary N) is 1. The Kier molecular flexibility index (Phi) is 5.35. The third-order valence-electron chi connectivity index (χ3n) is 3.59. The zero-order valence-electron chi connectivity index (χ0n) is 11.7. The molecule has 1 aliphatic rings. The molecule has 0 spiro atoms. The number of hydrogen-bond donors (Lipinski definition) is 2. The van der Waals surface area contributed by atoms with Crippen LogP contribution >= 0.6 is 0 Å². The van der Waals surface area contributed by atoms with Crippen LogP contribution in [0.2, 0.25) is 0 Å². The minimum Gasteiger partial charge on any atom is -0.399 e. The highest BCUT2D eigenvalue weighted by molar-refractivity contribution is 5.95. The summed E-state index contributed by atoms with van der Waals surface area (Å²) in [5, 5.41) is 2.82. The van der Waals surface area contributed by atoms with Crippen molar-refractivity contribution in [2.24, 2.45) is 0 Å². The zero-order chi connectivity index (χ0) is 14.4. The van der Waals surface area contributed by atoms with E-state index in [1.54, 1.807) is 0 Å². The maximum absolute atomic E-state index is 13.2. The lowest BCUT2D eigenvalue weighted by atomic mass is 10.2. The number of amides is 1. The Morgan fingerprint density at radius 3 is 2.55 bits per heavy atom. The van der Waals surface area contributed by atoms with E-state index in [4.69, 9.17) is 5.73 Å². The average molecular weight is 279 g/mol. The van der Waals surface area contributed by atoms with Gasteiger partial charge in [0.15, 0.2) is 0 Å². The second kappa shape index (κ2) is 7.24. The van der Waals surface area contributed by atoms with Crippen LogP contribution in [0.5, 0.6) is 0 Å². The van der Waals surface area contributed by atoms with Gasteiger partial charge in [0, 0.05) is 24.3 Å². The molecule has 1 aromatic carbocycles. The fourth-order valence-corrected chi connectivity index (χ4v) is 2.53. The summed E-state index contributed by atoms with van der Waals surface area (Å²) in [5.74, 6) is -0.756. The van der Waals surface area contributed by atoms with Gasteiger partial charge < -0.3 is 16.0 Å². The zero-order valence-corrected chi connectivity index (χ0v) is 11.7.